The summed E-state index contributed by atoms with van der Waals surface area (Å²) in [6.45, 7) is 4.67. The molecular formula is C23H26F3NO6. The molecule has 1 N–H and O–H groups in total. The van der Waals surface area contributed by atoms with Crippen molar-refractivity contribution >= 4 is 12.1 Å². The van der Waals surface area contributed by atoms with Gasteiger partial charge in [0.15, 0.2) is 0 Å². The summed E-state index contributed by atoms with van der Waals surface area (Å²) in [6, 6.07) is 9.12. The Morgan fingerprint density at radius 1 is 0.970 bits per heavy atom. The molecule has 0 amide bonds. The van der Waals surface area contributed by atoms with Gasteiger partial charge in [0.1, 0.15) is 17.4 Å². The molecule has 7 nitrogen and oxygen atoms in total. The molecule has 0 heterocycles. The number of rotatable bonds is 7. The van der Waals surface area contributed by atoms with E-state index in [0.29, 0.717) is 11.1 Å². The van der Waals surface area contributed by atoms with Crippen LogP contribution in [0.3, 0.4) is 0 Å². The molecule has 0 aliphatic heterocycles. The topological polar surface area (TPSA) is 85.3 Å². The molecular weight excluding hydrogens is 443 g/mol. The van der Waals surface area contributed by atoms with Gasteiger partial charge in [-0.3, -0.25) is 4.79 Å². The van der Waals surface area contributed by atoms with Crippen LogP contribution in [0.2, 0.25) is 0 Å². The van der Waals surface area contributed by atoms with Crippen molar-refractivity contribution in [3.05, 3.63) is 65.2 Å². The fourth-order valence-corrected chi connectivity index (χ4v) is 2.84. The maximum absolute atomic E-state index is 12.9. The highest BCUT2D eigenvalue weighted by Gasteiger charge is 2.33. The number of esters is 1. The zero-order chi connectivity index (χ0) is 24.8. The molecule has 0 aliphatic rings. The van der Waals surface area contributed by atoms with Crippen molar-refractivity contribution in [2.75, 3.05) is 7.11 Å². The Kier molecular flexibility index (Phi) is 8.32. The summed E-state index contributed by atoms with van der Waals surface area (Å²) in [4.78, 5) is 30.2. The number of aromatic hydroxyl groups is 1. The maximum atomic E-state index is 12.9. The zero-order valence-corrected chi connectivity index (χ0v) is 18.7. The van der Waals surface area contributed by atoms with E-state index < -0.39 is 35.5 Å². The maximum Gasteiger partial charge on any atom is 0.528 e. The SMILES string of the molecule is COC(=O)[C@H](Cc1ccc(O)cc1)N(Cc1ccc(C(F)(F)F)cc1)OC(=O)OC(C)(C)C. The largest absolute Gasteiger partial charge is 0.528 e. The summed E-state index contributed by atoms with van der Waals surface area (Å²) < 4.78 is 48.7. The van der Waals surface area contributed by atoms with E-state index in [1.807, 2.05) is 0 Å². The number of hydroxylamine groups is 2. The van der Waals surface area contributed by atoms with Crippen LogP contribution in [-0.2, 0) is 38.2 Å². The van der Waals surface area contributed by atoms with E-state index in [9.17, 15) is 27.9 Å². The summed E-state index contributed by atoms with van der Waals surface area (Å²) >= 11 is 0. The van der Waals surface area contributed by atoms with Gasteiger partial charge in [0.25, 0.3) is 0 Å². The van der Waals surface area contributed by atoms with Crippen LogP contribution in [0.5, 0.6) is 5.75 Å². The van der Waals surface area contributed by atoms with Crippen molar-refractivity contribution in [3.63, 3.8) is 0 Å². The Morgan fingerprint density at radius 2 is 1.52 bits per heavy atom. The van der Waals surface area contributed by atoms with Gasteiger partial charge in [0.05, 0.1) is 19.2 Å². The quantitative estimate of drug-likeness (QED) is 0.458. The Hall–Kier alpha value is -3.27. The van der Waals surface area contributed by atoms with Gasteiger partial charge in [0, 0.05) is 6.42 Å². The van der Waals surface area contributed by atoms with E-state index in [-0.39, 0.29) is 18.7 Å². The van der Waals surface area contributed by atoms with Crippen LogP contribution in [0.4, 0.5) is 18.0 Å². The molecule has 2 rings (SSSR count). The lowest BCUT2D eigenvalue weighted by Crippen LogP contribution is -2.45. The van der Waals surface area contributed by atoms with Crippen molar-refractivity contribution in [1.82, 2.24) is 5.06 Å². The van der Waals surface area contributed by atoms with Crippen molar-refractivity contribution in [2.45, 2.75) is 51.6 Å². The van der Waals surface area contributed by atoms with Crippen LogP contribution in [0.15, 0.2) is 48.5 Å². The minimum absolute atomic E-state index is 0.0242. The van der Waals surface area contributed by atoms with Crippen molar-refractivity contribution in [2.24, 2.45) is 0 Å². The molecule has 0 radical (unpaired) electrons. The lowest BCUT2D eigenvalue weighted by atomic mass is 10.0. The third-order valence-electron chi connectivity index (χ3n) is 4.39. The van der Waals surface area contributed by atoms with Gasteiger partial charge in [-0.1, -0.05) is 24.3 Å². The number of alkyl halides is 3. The number of nitrogens with zero attached hydrogens (tertiary/aromatic N) is 1. The molecule has 10 heteroatoms. The molecule has 2 aromatic rings. The van der Waals surface area contributed by atoms with E-state index in [1.54, 1.807) is 32.9 Å². The Morgan fingerprint density at radius 3 is 2.00 bits per heavy atom. The van der Waals surface area contributed by atoms with E-state index in [0.717, 1.165) is 24.3 Å². The van der Waals surface area contributed by atoms with Gasteiger partial charge < -0.3 is 19.4 Å². The number of hydrogen-bond donors (Lipinski definition) is 1. The van der Waals surface area contributed by atoms with E-state index in [1.165, 1.54) is 24.3 Å². The monoisotopic (exact) mass is 469 g/mol. The number of hydrogen-bond acceptors (Lipinski definition) is 7. The lowest BCUT2D eigenvalue weighted by Gasteiger charge is -2.29. The Bertz CT molecular complexity index is 937. The van der Waals surface area contributed by atoms with Crippen LogP contribution >= 0.6 is 0 Å². The van der Waals surface area contributed by atoms with E-state index >= 15 is 0 Å². The van der Waals surface area contributed by atoms with Crippen molar-refractivity contribution < 1.29 is 42.2 Å². The van der Waals surface area contributed by atoms with Crippen LogP contribution in [-0.4, -0.2) is 41.0 Å². The predicted molar refractivity (Wildman–Crippen MR) is 112 cm³/mol. The smallest absolute Gasteiger partial charge is 0.508 e. The molecule has 0 saturated carbocycles. The molecule has 0 aliphatic carbocycles. The highest BCUT2D eigenvalue weighted by molar-refractivity contribution is 5.76. The second kappa shape index (κ2) is 10.6. The molecule has 0 aromatic heterocycles. The molecule has 0 spiro atoms. The number of methoxy groups -OCH3 is 1. The van der Waals surface area contributed by atoms with Gasteiger partial charge in [-0.25, -0.2) is 4.79 Å². The van der Waals surface area contributed by atoms with Gasteiger partial charge in [0.2, 0.25) is 0 Å². The summed E-state index contributed by atoms with van der Waals surface area (Å²) in [5.41, 5.74) is -0.742. The predicted octanol–water partition coefficient (Wildman–Crippen LogP) is 4.86. The molecule has 0 unspecified atom stereocenters. The molecule has 0 fully saturated rings. The average molecular weight is 469 g/mol. The van der Waals surface area contributed by atoms with Gasteiger partial charge in [-0.2, -0.15) is 13.2 Å². The average Bonchev–Trinajstić information content (AvgIpc) is 2.70. The first-order valence-corrected chi connectivity index (χ1v) is 9.98. The van der Waals surface area contributed by atoms with Crippen LogP contribution in [0.1, 0.15) is 37.5 Å². The highest BCUT2D eigenvalue weighted by Crippen LogP contribution is 2.29. The first kappa shape index (κ1) is 26.0. The lowest BCUT2D eigenvalue weighted by molar-refractivity contribution is -0.190. The fourth-order valence-electron chi connectivity index (χ4n) is 2.84. The Labute approximate surface area is 189 Å². The number of carbonyl (C=O) groups is 2. The number of carbonyl (C=O) groups excluding carboxylic acids is 2. The zero-order valence-electron chi connectivity index (χ0n) is 18.7. The third-order valence-corrected chi connectivity index (χ3v) is 4.39. The van der Waals surface area contributed by atoms with Gasteiger partial charge in [-0.15, -0.1) is 5.06 Å². The summed E-state index contributed by atoms with van der Waals surface area (Å²) in [5, 5.41) is 10.5. The third kappa shape index (κ3) is 8.30. The molecule has 180 valence electrons. The Balaban J connectivity index is 2.35. The van der Waals surface area contributed by atoms with Crippen molar-refractivity contribution in [1.29, 1.82) is 0 Å². The standard InChI is InChI=1S/C23H26F3NO6/c1-22(2,3)32-21(30)33-27(14-16-5-9-17(10-6-16)23(24,25)26)19(20(29)31-4)13-15-7-11-18(28)12-8-15/h5-12,19,28H,13-14H2,1-4H3/t19-/m0/s1. The van der Waals surface area contributed by atoms with E-state index in [2.05, 4.69) is 0 Å². The first-order chi connectivity index (χ1) is 15.3. The summed E-state index contributed by atoms with van der Waals surface area (Å²) in [7, 11) is 1.16. The number of benzene rings is 2. The van der Waals surface area contributed by atoms with E-state index in [4.69, 9.17) is 14.3 Å². The second-order valence-electron chi connectivity index (χ2n) is 8.24. The van der Waals surface area contributed by atoms with Crippen LogP contribution in [0, 0.1) is 0 Å². The summed E-state index contributed by atoms with van der Waals surface area (Å²) in [6.07, 6.45) is -5.57. The molecule has 0 bridgehead atoms. The minimum Gasteiger partial charge on any atom is -0.508 e. The number of ether oxygens (including phenoxy) is 2. The van der Waals surface area contributed by atoms with Crippen molar-refractivity contribution in [3.8, 4) is 5.75 Å². The second-order valence-corrected chi connectivity index (χ2v) is 8.24. The van der Waals surface area contributed by atoms with Gasteiger partial charge >= 0.3 is 18.3 Å². The molecule has 0 saturated heterocycles. The fraction of sp³-hybridized carbons (Fsp3) is 0.391. The summed E-state index contributed by atoms with van der Waals surface area (Å²) in [5.74, 6) is -0.710. The van der Waals surface area contributed by atoms with Crippen LogP contribution < -0.4 is 0 Å². The highest BCUT2D eigenvalue weighted by atomic mass is 19.4. The minimum atomic E-state index is -4.50. The normalized spacial score (nSPS) is 12.8. The number of phenolic OH excluding ortho intramolecular Hbond substituents is 1. The first-order valence-electron chi connectivity index (χ1n) is 9.98. The molecule has 33 heavy (non-hydrogen) atoms. The number of phenols is 1. The number of halogens is 3. The molecule has 1 atom stereocenters. The van der Waals surface area contributed by atoms with Gasteiger partial charge in [-0.05, 0) is 56.2 Å². The van der Waals surface area contributed by atoms with Crippen LogP contribution in [0.25, 0.3) is 0 Å². The molecule has 2 aromatic carbocycles.